The second-order valence-electron chi connectivity index (χ2n) is 5.62. The van der Waals surface area contributed by atoms with E-state index in [0.717, 1.165) is 0 Å². The van der Waals surface area contributed by atoms with Crippen molar-refractivity contribution in [2.24, 2.45) is 5.41 Å². The summed E-state index contributed by atoms with van der Waals surface area (Å²) in [6.07, 6.45) is 0.677. The molecule has 0 saturated carbocycles. The highest BCUT2D eigenvalue weighted by Crippen LogP contribution is 2.20. The van der Waals surface area contributed by atoms with Crippen molar-refractivity contribution in [3.63, 3.8) is 0 Å². The summed E-state index contributed by atoms with van der Waals surface area (Å²) in [6, 6.07) is 5.05. The maximum Gasteiger partial charge on any atom is 0.251 e. The fourth-order valence-corrected chi connectivity index (χ4v) is 1.77. The number of hydrogen-bond donors (Lipinski definition) is 2. The van der Waals surface area contributed by atoms with Crippen LogP contribution in [0.25, 0.3) is 0 Å². The summed E-state index contributed by atoms with van der Waals surface area (Å²) < 4.78 is 12.7. The summed E-state index contributed by atoms with van der Waals surface area (Å²) >= 11 is 0. The third-order valence-electron chi connectivity index (χ3n) is 2.52. The second kappa shape index (κ2) is 5.96. The van der Waals surface area contributed by atoms with E-state index in [1.807, 2.05) is 20.8 Å². The standard InChI is InChI=1S/C14H20FNO2/c1-14(2,3)8-12(9-17)16-13(18)10-4-6-11(15)7-5-10/h4-7,12,17H,8-9H2,1-3H3,(H,16,18). The molecule has 0 aromatic heterocycles. The van der Waals surface area contributed by atoms with Crippen molar-refractivity contribution in [1.29, 1.82) is 0 Å². The molecule has 0 bridgehead atoms. The van der Waals surface area contributed by atoms with Gasteiger partial charge in [-0.25, -0.2) is 4.39 Å². The highest BCUT2D eigenvalue weighted by Gasteiger charge is 2.20. The van der Waals surface area contributed by atoms with Gasteiger partial charge in [0.25, 0.3) is 5.91 Å². The van der Waals surface area contributed by atoms with Crippen molar-refractivity contribution in [1.82, 2.24) is 5.32 Å². The van der Waals surface area contributed by atoms with Gasteiger partial charge in [-0.3, -0.25) is 4.79 Å². The molecule has 0 aliphatic rings. The molecular weight excluding hydrogens is 233 g/mol. The third-order valence-corrected chi connectivity index (χ3v) is 2.52. The lowest BCUT2D eigenvalue weighted by atomic mass is 9.88. The predicted molar refractivity (Wildman–Crippen MR) is 68.8 cm³/mol. The molecule has 0 heterocycles. The van der Waals surface area contributed by atoms with Gasteiger partial charge in [-0.15, -0.1) is 0 Å². The minimum atomic E-state index is -0.375. The molecule has 3 nitrogen and oxygen atoms in total. The maximum absolute atomic E-state index is 12.7. The van der Waals surface area contributed by atoms with Crippen LogP contribution in [0.3, 0.4) is 0 Å². The normalized spacial score (nSPS) is 13.2. The average molecular weight is 253 g/mol. The van der Waals surface area contributed by atoms with Crippen molar-refractivity contribution >= 4 is 5.91 Å². The minimum Gasteiger partial charge on any atom is -0.394 e. The Morgan fingerprint density at radius 1 is 1.33 bits per heavy atom. The van der Waals surface area contributed by atoms with Crippen LogP contribution in [-0.2, 0) is 0 Å². The maximum atomic E-state index is 12.7. The Balaban J connectivity index is 2.65. The molecule has 1 unspecified atom stereocenters. The van der Waals surface area contributed by atoms with Crippen LogP contribution in [0.4, 0.5) is 4.39 Å². The molecule has 0 aliphatic heterocycles. The monoisotopic (exact) mass is 253 g/mol. The first kappa shape index (κ1) is 14.6. The van der Waals surface area contributed by atoms with Crippen LogP contribution in [-0.4, -0.2) is 23.7 Å². The minimum absolute atomic E-state index is 0.0173. The molecule has 0 spiro atoms. The number of benzene rings is 1. The van der Waals surface area contributed by atoms with Crippen molar-refractivity contribution in [3.8, 4) is 0 Å². The number of aliphatic hydroxyl groups is 1. The van der Waals surface area contributed by atoms with Gasteiger partial charge in [0.1, 0.15) is 5.82 Å². The van der Waals surface area contributed by atoms with E-state index in [9.17, 15) is 14.3 Å². The lowest BCUT2D eigenvalue weighted by Gasteiger charge is -2.25. The Labute approximate surface area is 107 Å². The first-order chi connectivity index (χ1) is 8.31. The number of carbonyl (C=O) groups excluding carboxylic acids is 1. The summed E-state index contributed by atoms with van der Waals surface area (Å²) in [6.45, 7) is 6.02. The molecule has 2 N–H and O–H groups in total. The van der Waals surface area contributed by atoms with Gasteiger partial charge in [0.2, 0.25) is 0 Å². The molecule has 1 aromatic rings. The Morgan fingerprint density at radius 3 is 2.33 bits per heavy atom. The zero-order chi connectivity index (χ0) is 13.8. The Morgan fingerprint density at radius 2 is 1.89 bits per heavy atom. The molecule has 18 heavy (non-hydrogen) atoms. The molecule has 0 aliphatic carbocycles. The van der Waals surface area contributed by atoms with E-state index in [4.69, 9.17) is 0 Å². The average Bonchev–Trinajstić information content (AvgIpc) is 2.27. The van der Waals surface area contributed by atoms with Gasteiger partial charge >= 0.3 is 0 Å². The van der Waals surface area contributed by atoms with Crippen LogP contribution < -0.4 is 5.32 Å². The van der Waals surface area contributed by atoms with Crippen LogP contribution in [0.15, 0.2) is 24.3 Å². The van der Waals surface area contributed by atoms with E-state index in [0.29, 0.717) is 12.0 Å². The molecule has 1 atom stereocenters. The van der Waals surface area contributed by atoms with Crippen LogP contribution in [0.1, 0.15) is 37.6 Å². The van der Waals surface area contributed by atoms with Crippen molar-refractivity contribution in [2.75, 3.05) is 6.61 Å². The molecule has 1 aromatic carbocycles. The van der Waals surface area contributed by atoms with Gasteiger partial charge in [0.05, 0.1) is 12.6 Å². The van der Waals surface area contributed by atoms with E-state index >= 15 is 0 Å². The molecule has 1 amide bonds. The summed E-state index contributed by atoms with van der Waals surface area (Å²) in [7, 11) is 0. The smallest absolute Gasteiger partial charge is 0.251 e. The first-order valence-corrected chi connectivity index (χ1v) is 5.99. The van der Waals surface area contributed by atoms with E-state index < -0.39 is 0 Å². The molecule has 0 radical (unpaired) electrons. The highest BCUT2D eigenvalue weighted by molar-refractivity contribution is 5.94. The van der Waals surface area contributed by atoms with E-state index in [2.05, 4.69) is 5.32 Å². The zero-order valence-corrected chi connectivity index (χ0v) is 11.0. The topological polar surface area (TPSA) is 49.3 Å². The van der Waals surface area contributed by atoms with Gasteiger partial charge in [0.15, 0.2) is 0 Å². The molecule has 0 saturated heterocycles. The van der Waals surface area contributed by atoms with Crippen molar-refractivity contribution in [2.45, 2.75) is 33.2 Å². The number of nitrogens with one attached hydrogen (secondary N) is 1. The zero-order valence-electron chi connectivity index (χ0n) is 11.0. The van der Waals surface area contributed by atoms with Crippen molar-refractivity contribution < 1.29 is 14.3 Å². The molecular formula is C14H20FNO2. The summed E-state index contributed by atoms with van der Waals surface area (Å²) in [5.41, 5.74) is 0.410. The summed E-state index contributed by atoms with van der Waals surface area (Å²) in [4.78, 5) is 11.9. The van der Waals surface area contributed by atoms with Crippen LogP contribution in [0.5, 0.6) is 0 Å². The largest absolute Gasteiger partial charge is 0.394 e. The van der Waals surface area contributed by atoms with E-state index in [1.165, 1.54) is 24.3 Å². The highest BCUT2D eigenvalue weighted by atomic mass is 19.1. The lowest BCUT2D eigenvalue weighted by molar-refractivity contribution is 0.0897. The van der Waals surface area contributed by atoms with Crippen LogP contribution in [0, 0.1) is 11.2 Å². The fourth-order valence-electron chi connectivity index (χ4n) is 1.77. The Hall–Kier alpha value is -1.42. The number of carbonyl (C=O) groups is 1. The van der Waals surface area contributed by atoms with E-state index in [1.54, 1.807) is 0 Å². The van der Waals surface area contributed by atoms with Gasteiger partial charge in [0, 0.05) is 5.56 Å². The van der Waals surface area contributed by atoms with Gasteiger partial charge in [-0.2, -0.15) is 0 Å². The quantitative estimate of drug-likeness (QED) is 0.865. The Kier molecular flexibility index (Phi) is 4.84. The second-order valence-corrected chi connectivity index (χ2v) is 5.62. The van der Waals surface area contributed by atoms with Gasteiger partial charge in [-0.1, -0.05) is 20.8 Å². The van der Waals surface area contributed by atoms with E-state index in [-0.39, 0.29) is 29.8 Å². The summed E-state index contributed by atoms with van der Waals surface area (Å²) in [5.74, 6) is -0.668. The number of halogens is 1. The van der Waals surface area contributed by atoms with Crippen LogP contribution in [0.2, 0.25) is 0 Å². The molecule has 1 rings (SSSR count). The summed E-state index contributed by atoms with van der Waals surface area (Å²) in [5, 5.41) is 12.0. The lowest BCUT2D eigenvalue weighted by Crippen LogP contribution is -2.40. The van der Waals surface area contributed by atoms with Gasteiger partial charge in [-0.05, 0) is 36.1 Å². The SMILES string of the molecule is CC(C)(C)CC(CO)NC(=O)c1ccc(F)cc1. The fraction of sp³-hybridized carbons (Fsp3) is 0.500. The number of rotatable bonds is 4. The number of aliphatic hydroxyl groups excluding tert-OH is 1. The van der Waals surface area contributed by atoms with Crippen LogP contribution >= 0.6 is 0 Å². The molecule has 100 valence electrons. The van der Waals surface area contributed by atoms with Gasteiger partial charge < -0.3 is 10.4 Å². The van der Waals surface area contributed by atoms with Crippen molar-refractivity contribution in [3.05, 3.63) is 35.6 Å². The predicted octanol–water partition coefficient (Wildman–Crippen LogP) is 2.35. The third kappa shape index (κ3) is 4.84. The Bertz CT molecular complexity index is 395. The molecule has 0 fully saturated rings. The number of amides is 1. The first-order valence-electron chi connectivity index (χ1n) is 5.99. The number of hydrogen-bond acceptors (Lipinski definition) is 2. The molecule has 4 heteroatoms.